The number of ether oxygens (including phenoxy) is 1. The zero-order chi connectivity index (χ0) is 13.7. The molecule has 4 nitrogen and oxygen atoms in total. The van der Waals surface area contributed by atoms with Gasteiger partial charge in [0.25, 0.3) is 0 Å². The highest BCUT2D eigenvalue weighted by molar-refractivity contribution is 5.80. The minimum Gasteiger partial charge on any atom is -0.378 e. The lowest BCUT2D eigenvalue weighted by Gasteiger charge is -2.23. The Morgan fingerprint density at radius 1 is 1.47 bits per heavy atom. The normalized spacial score (nSPS) is 27.0. The number of guanidine groups is 1. The van der Waals surface area contributed by atoms with Crippen LogP contribution < -0.4 is 5.32 Å². The molecule has 1 unspecified atom stereocenters. The van der Waals surface area contributed by atoms with Crippen molar-refractivity contribution in [2.75, 3.05) is 32.8 Å². The number of nitrogens with one attached hydrogen (secondary N) is 1. The van der Waals surface area contributed by atoms with Crippen LogP contribution in [0.4, 0.5) is 0 Å². The summed E-state index contributed by atoms with van der Waals surface area (Å²) in [6, 6.07) is 0. The Labute approximate surface area is 117 Å². The van der Waals surface area contributed by atoms with Crippen LogP contribution in [0.3, 0.4) is 0 Å². The van der Waals surface area contributed by atoms with Gasteiger partial charge in [0.1, 0.15) is 0 Å². The van der Waals surface area contributed by atoms with Gasteiger partial charge in [-0.3, -0.25) is 4.99 Å². The van der Waals surface area contributed by atoms with E-state index in [2.05, 4.69) is 31.0 Å². The molecule has 0 aromatic rings. The van der Waals surface area contributed by atoms with Crippen molar-refractivity contribution in [1.29, 1.82) is 0 Å². The molecular formula is C15H29N3O. The molecule has 2 heterocycles. The van der Waals surface area contributed by atoms with E-state index in [1.54, 1.807) is 0 Å². The lowest BCUT2D eigenvalue weighted by Crippen LogP contribution is -2.40. The second kappa shape index (κ2) is 6.60. The second-order valence-corrected chi connectivity index (χ2v) is 6.50. The first-order chi connectivity index (χ1) is 9.11. The second-order valence-electron chi connectivity index (χ2n) is 6.50. The summed E-state index contributed by atoms with van der Waals surface area (Å²) >= 11 is 0. The van der Waals surface area contributed by atoms with Crippen molar-refractivity contribution < 1.29 is 4.74 Å². The summed E-state index contributed by atoms with van der Waals surface area (Å²) in [5.41, 5.74) is 0.421. The standard InChI is InChI=1S/C15H29N3O/c1-4-16-14(18-10-8-15(2,3)12-18)17-9-7-13-6-5-11-19-13/h13H,4-12H2,1-3H3,(H,16,17). The number of rotatable bonds is 4. The fourth-order valence-corrected chi connectivity index (χ4v) is 2.91. The summed E-state index contributed by atoms with van der Waals surface area (Å²) in [6.07, 6.45) is 5.19. The summed E-state index contributed by atoms with van der Waals surface area (Å²) in [5.74, 6) is 1.09. The van der Waals surface area contributed by atoms with Crippen LogP contribution in [0.1, 0.15) is 46.5 Å². The van der Waals surface area contributed by atoms with Gasteiger partial charge in [-0.05, 0) is 38.0 Å². The molecular weight excluding hydrogens is 238 g/mol. The van der Waals surface area contributed by atoms with E-state index in [-0.39, 0.29) is 0 Å². The molecule has 1 N–H and O–H groups in total. The van der Waals surface area contributed by atoms with Crippen LogP contribution in [0.5, 0.6) is 0 Å². The first-order valence-electron chi connectivity index (χ1n) is 7.75. The van der Waals surface area contributed by atoms with Crippen molar-refractivity contribution in [1.82, 2.24) is 10.2 Å². The third-order valence-corrected chi connectivity index (χ3v) is 4.05. The van der Waals surface area contributed by atoms with Crippen molar-refractivity contribution in [2.45, 2.75) is 52.6 Å². The van der Waals surface area contributed by atoms with E-state index in [0.717, 1.165) is 45.2 Å². The summed E-state index contributed by atoms with van der Waals surface area (Å²) in [4.78, 5) is 7.18. The van der Waals surface area contributed by atoms with E-state index in [1.807, 2.05) is 0 Å². The van der Waals surface area contributed by atoms with Gasteiger partial charge in [-0.25, -0.2) is 0 Å². The minimum atomic E-state index is 0.421. The fraction of sp³-hybridized carbons (Fsp3) is 0.933. The Bertz CT molecular complexity index is 309. The molecule has 0 aromatic heterocycles. The van der Waals surface area contributed by atoms with E-state index < -0.39 is 0 Å². The third-order valence-electron chi connectivity index (χ3n) is 4.05. The van der Waals surface area contributed by atoms with Crippen LogP contribution in [-0.2, 0) is 4.74 Å². The first kappa shape index (κ1) is 14.6. The maximum absolute atomic E-state index is 5.65. The molecule has 110 valence electrons. The highest BCUT2D eigenvalue weighted by Gasteiger charge is 2.30. The SMILES string of the molecule is CCNC(=NCCC1CCCO1)N1CCC(C)(C)C1. The highest BCUT2D eigenvalue weighted by Crippen LogP contribution is 2.28. The zero-order valence-electron chi connectivity index (χ0n) is 12.7. The monoisotopic (exact) mass is 267 g/mol. The van der Waals surface area contributed by atoms with Gasteiger partial charge >= 0.3 is 0 Å². The number of hydrogen-bond acceptors (Lipinski definition) is 2. The Kier molecular flexibility index (Phi) is 5.08. The lowest BCUT2D eigenvalue weighted by molar-refractivity contribution is 0.106. The Morgan fingerprint density at radius 2 is 2.32 bits per heavy atom. The minimum absolute atomic E-state index is 0.421. The van der Waals surface area contributed by atoms with Crippen LogP contribution >= 0.6 is 0 Å². The molecule has 0 saturated carbocycles. The fourth-order valence-electron chi connectivity index (χ4n) is 2.91. The molecule has 2 rings (SSSR count). The van der Waals surface area contributed by atoms with E-state index in [0.29, 0.717) is 11.5 Å². The number of likely N-dealkylation sites (tertiary alicyclic amines) is 1. The van der Waals surface area contributed by atoms with Gasteiger partial charge < -0.3 is 15.0 Å². The van der Waals surface area contributed by atoms with Crippen molar-refractivity contribution in [2.24, 2.45) is 10.4 Å². The van der Waals surface area contributed by atoms with Gasteiger partial charge in [-0.15, -0.1) is 0 Å². The van der Waals surface area contributed by atoms with Gasteiger partial charge in [0.2, 0.25) is 0 Å². The largest absolute Gasteiger partial charge is 0.378 e. The molecule has 1 atom stereocenters. The van der Waals surface area contributed by atoms with Crippen molar-refractivity contribution in [3.63, 3.8) is 0 Å². The van der Waals surface area contributed by atoms with Gasteiger partial charge in [0, 0.05) is 32.8 Å². The summed E-state index contributed by atoms with van der Waals surface area (Å²) in [7, 11) is 0. The van der Waals surface area contributed by atoms with Crippen LogP contribution in [-0.4, -0.2) is 49.7 Å². The molecule has 0 aromatic carbocycles. The van der Waals surface area contributed by atoms with Crippen LogP contribution in [0.15, 0.2) is 4.99 Å². The van der Waals surface area contributed by atoms with Crippen LogP contribution in [0.25, 0.3) is 0 Å². The smallest absolute Gasteiger partial charge is 0.193 e. The average molecular weight is 267 g/mol. The predicted molar refractivity (Wildman–Crippen MR) is 79.5 cm³/mol. The number of aliphatic imine (C=N–C) groups is 1. The van der Waals surface area contributed by atoms with Crippen LogP contribution in [0, 0.1) is 5.41 Å². The molecule has 0 amide bonds. The topological polar surface area (TPSA) is 36.9 Å². The molecule has 0 radical (unpaired) electrons. The van der Waals surface area contributed by atoms with Crippen molar-refractivity contribution >= 4 is 5.96 Å². The lowest BCUT2D eigenvalue weighted by atomic mass is 9.93. The molecule has 2 aliphatic rings. The maximum Gasteiger partial charge on any atom is 0.193 e. The molecule has 19 heavy (non-hydrogen) atoms. The Hall–Kier alpha value is -0.770. The Morgan fingerprint density at radius 3 is 2.89 bits per heavy atom. The summed E-state index contributed by atoms with van der Waals surface area (Å²) < 4.78 is 5.65. The molecule has 0 aliphatic carbocycles. The van der Waals surface area contributed by atoms with Crippen molar-refractivity contribution in [3.8, 4) is 0 Å². The molecule has 2 fully saturated rings. The van der Waals surface area contributed by atoms with Crippen molar-refractivity contribution in [3.05, 3.63) is 0 Å². The zero-order valence-corrected chi connectivity index (χ0v) is 12.7. The average Bonchev–Trinajstić information content (AvgIpc) is 2.97. The predicted octanol–water partition coefficient (Wildman–Crippen LogP) is 2.25. The van der Waals surface area contributed by atoms with E-state index in [4.69, 9.17) is 9.73 Å². The van der Waals surface area contributed by atoms with Gasteiger partial charge in [0.05, 0.1) is 6.10 Å². The molecule has 0 bridgehead atoms. The Balaban J connectivity index is 1.84. The number of hydrogen-bond donors (Lipinski definition) is 1. The first-order valence-corrected chi connectivity index (χ1v) is 7.75. The third kappa shape index (κ3) is 4.37. The van der Waals surface area contributed by atoms with Gasteiger partial charge in [0.15, 0.2) is 5.96 Å². The summed E-state index contributed by atoms with van der Waals surface area (Å²) in [5, 5.41) is 3.42. The van der Waals surface area contributed by atoms with E-state index in [9.17, 15) is 0 Å². The van der Waals surface area contributed by atoms with E-state index in [1.165, 1.54) is 19.3 Å². The van der Waals surface area contributed by atoms with Crippen LogP contribution in [0.2, 0.25) is 0 Å². The van der Waals surface area contributed by atoms with E-state index >= 15 is 0 Å². The number of nitrogens with zero attached hydrogens (tertiary/aromatic N) is 2. The molecule has 0 spiro atoms. The molecule has 2 aliphatic heterocycles. The summed E-state index contributed by atoms with van der Waals surface area (Å²) in [6.45, 7) is 11.8. The maximum atomic E-state index is 5.65. The quantitative estimate of drug-likeness (QED) is 0.627. The molecule has 4 heteroatoms. The highest BCUT2D eigenvalue weighted by atomic mass is 16.5. The van der Waals surface area contributed by atoms with Gasteiger partial charge in [-0.1, -0.05) is 13.8 Å². The molecule has 2 saturated heterocycles. The van der Waals surface area contributed by atoms with Gasteiger partial charge in [-0.2, -0.15) is 0 Å².